The predicted octanol–water partition coefficient (Wildman–Crippen LogP) is 4.22. The summed E-state index contributed by atoms with van der Waals surface area (Å²) in [6.45, 7) is 7.36. The molecule has 2 N–H and O–H groups in total. The highest BCUT2D eigenvalue weighted by Crippen LogP contribution is 2.36. The maximum absolute atomic E-state index is 10.1. The van der Waals surface area contributed by atoms with Crippen molar-refractivity contribution in [2.45, 2.75) is 12.8 Å². The van der Waals surface area contributed by atoms with Crippen molar-refractivity contribution in [3.05, 3.63) is 72.8 Å². The Bertz CT molecular complexity index is 584. The van der Waals surface area contributed by atoms with Crippen molar-refractivity contribution >= 4 is 0 Å². The van der Waals surface area contributed by atoms with Crippen molar-refractivity contribution in [1.82, 2.24) is 0 Å². The number of benzene rings is 2. The lowest BCUT2D eigenvalue weighted by Gasteiger charge is -2.10. The molecule has 0 atom stereocenters. The van der Waals surface area contributed by atoms with E-state index in [1.54, 1.807) is 24.3 Å². The molecule has 0 aliphatic heterocycles. The van der Waals surface area contributed by atoms with E-state index < -0.39 is 0 Å². The molecule has 2 aromatic rings. The summed E-state index contributed by atoms with van der Waals surface area (Å²) in [7, 11) is 0. The summed E-state index contributed by atoms with van der Waals surface area (Å²) in [5, 5.41) is 20.2. The van der Waals surface area contributed by atoms with E-state index in [1.165, 1.54) is 0 Å². The van der Waals surface area contributed by atoms with Crippen LogP contribution in [0.4, 0.5) is 0 Å². The Morgan fingerprint density at radius 2 is 1.15 bits per heavy atom. The number of phenolic OH excluding ortho intramolecular Hbond substituents is 2. The summed E-state index contributed by atoms with van der Waals surface area (Å²) >= 11 is 0. The highest BCUT2D eigenvalue weighted by Gasteiger charge is 2.10. The SMILES string of the molecule is C=CCc1ccc(-c2ccc(CC=C)cc2O)c(O)c1. The second kappa shape index (κ2) is 6.11. The number of phenols is 2. The Morgan fingerprint density at radius 1 is 0.750 bits per heavy atom. The van der Waals surface area contributed by atoms with Crippen molar-refractivity contribution in [2.75, 3.05) is 0 Å². The van der Waals surface area contributed by atoms with Gasteiger partial charge in [0.25, 0.3) is 0 Å². The Balaban J connectivity index is 2.40. The zero-order valence-corrected chi connectivity index (χ0v) is 11.3. The molecule has 0 aliphatic carbocycles. The highest BCUT2D eigenvalue weighted by atomic mass is 16.3. The van der Waals surface area contributed by atoms with Gasteiger partial charge in [-0.3, -0.25) is 0 Å². The van der Waals surface area contributed by atoms with Gasteiger partial charge in [0.2, 0.25) is 0 Å². The van der Waals surface area contributed by atoms with Crippen molar-refractivity contribution in [1.29, 1.82) is 0 Å². The van der Waals surface area contributed by atoms with Gasteiger partial charge in [-0.25, -0.2) is 0 Å². The van der Waals surface area contributed by atoms with E-state index in [-0.39, 0.29) is 11.5 Å². The first-order chi connectivity index (χ1) is 9.65. The average Bonchev–Trinajstić information content (AvgIpc) is 2.41. The fraction of sp³-hybridized carbons (Fsp3) is 0.111. The van der Waals surface area contributed by atoms with Gasteiger partial charge >= 0.3 is 0 Å². The van der Waals surface area contributed by atoms with Crippen LogP contribution in [0.25, 0.3) is 11.1 Å². The molecule has 0 bridgehead atoms. The van der Waals surface area contributed by atoms with Crippen molar-refractivity contribution in [3.8, 4) is 22.6 Å². The van der Waals surface area contributed by atoms with E-state index in [0.29, 0.717) is 24.0 Å². The number of aromatic hydroxyl groups is 2. The molecule has 2 nitrogen and oxygen atoms in total. The minimum absolute atomic E-state index is 0.163. The van der Waals surface area contributed by atoms with Crippen LogP contribution in [0.5, 0.6) is 11.5 Å². The first-order valence-electron chi connectivity index (χ1n) is 6.51. The second-order valence-corrected chi connectivity index (χ2v) is 4.69. The minimum Gasteiger partial charge on any atom is -0.507 e. The van der Waals surface area contributed by atoms with Gasteiger partial charge in [0.1, 0.15) is 11.5 Å². The molecule has 20 heavy (non-hydrogen) atoms. The third-order valence-electron chi connectivity index (χ3n) is 3.17. The number of hydrogen-bond donors (Lipinski definition) is 2. The van der Waals surface area contributed by atoms with Crippen LogP contribution in [0.3, 0.4) is 0 Å². The molecule has 102 valence electrons. The van der Waals surface area contributed by atoms with Gasteiger partial charge in [-0.1, -0.05) is 36.4 Å². The van der Waals surface area contributed by atoms with Gasteiger partial charge in [0.15, 0.2) is 0 Å². The normalized spacial score (nSPS) is 10.2. The zero-order valence-electron chi connectivity index (χ0n) is 11.3. The van der Waals surface area contributed by atoms with E-state index in [1.807, 2.05) is 24.3 Å². The van der Waals surface area contributed by atoms with Crippen LogP contribution in [-0.4, -0.2) is 10.2 Å². The topological polar surface area (TPSA) is 40.5 Å². The summed E-state index contributed by atoms with van der Waals surface area (Å²) < 4.78 is 0. The van der Waals surface area contributed by atoms with Crippen LogP contribution in [0.2, 0.25) is 0 Å². The number of rotatable bonds is 5. The maximum Gasteiger partial charge on any atom is 0.123 e. The van der Waals surface area contributed by atoms with E-state index in [0.717, 1.165) is 11.1 Å². The molecule has 2 heteroatoms. The third-order valence-corrected chi connectivity index (χ3v) is 3.17. The molecule has 0 aliphatic rings. The second-order valence-electron chi connectivity index (χ2n) is 4.69. The highest BCUT2D eigenvalue weighted by molar-refractivity contribution is 5.76. The monoisotopic (exact) mass is 266 g/mol. The number of allylic oxidation sites excluding steroid dienone is 2. The van der Waals surface area contributed by atoms with Crippen LogP contribution < -0.4 is 0 Å². The molecular formula is C18H18O2. The molecule has 2 rings (SSSR count). The minimum atomic E-state index is 0.163. The number of hydrogen-bond acceptors (Lipinski definition) is 2. The molecule has 0 radical (unpaired) electrons. The molecule has 0 heterocycles. The van der Waals surface area contributed by atoms with Gasteiger partial charge in [0, 0.05) is 11.1 Å². The van der Waals surface area contributed by atoms with Crippen LogP contribution >= 0.6 is 0 Å². The molecule has 0 fully saturated rings. The van der Waals surface area contributed by atoms with E-state index >= 15 is 0 Å². The predicted molar refractivity (Wildman–Crippen MR) is 83.0 cm³/mol. The van der Waals surface area contributed by atoms with Gasteiger partial charge in [-0.05, 0) is 36.1 Å². The third kappa shape index (κ3) is 2.91. The zero-order chi connectivity index (χ0) is 14.5. The van der Waals surface area contributed by atoms with Crippen molar-refractivity contribution in [2.24, 2.45) is 0 Å². The standard InChI is InChI=1S/C18H18O2/c1-3-5-13-7-9-15(17(19)11-13)16-10-8-14(6-4-2)12-18(16)20/h3-4,7-12,19-20H,1-2,5-6H2. The summed E-state index contributed by atoms with van der Waals surface area (Å²) in [6, 6.07) is 10.9. The molecule has 0 spiro atoms. The Hall–Kier alpha value is -2.48. The van der Waals surface area contributed by atoms with Gasteiger partial charge in [0.05, 0.1) is 0 Å². The maximum atomic E-state index is 10.1. The fourth-order valence-electron chi connectivity index (χ4n) is 2.20. The van der Waals surface area contributed by atoms with Crippen LogP contribution in [0.1, 0.15) is 11.1 Å². The Morgan fingerprint density at radius 3 is 1.45 bits per heavy atom. The first-order valence-corrected chi connectivity index (χ1v) is 6.51. The van der Waals surface area contributed by atoms with Gasteiger partial charge in [-0.2, -0.15) is 0 Å². The summed E-state index contributed by atoms with van der Waals surface area (Å²) in [4.78, 5) is 0. The van der Waals surface area contributed by atoms with Crippen LogP contribution in [0.15, 0.2) is 61.7 Å². The lowest BCUT2D eigenvalue weighted by atomic mass is 9.98. The lowest BCUT2D eigenvalue weighted by Crippen LogP contribution is -1.87. The summed E-state index contributed by atoms with van der Waals surface area (Å²) in [5.41, 5.74) is 3.23. The van der Waals surface area contributed by atoms with Gasteiger partial charge < -0.3 is 10.2 Å². The van der Waals surface area contributed by atoms with Crippen LogP contribution in [-0.2, 0) is 12.8 Å². The Labute approximate surface area is 119 Å². The van der Waals surface area contributed by atoms with Crippen LogP contribution in [0, 0.1) is 0 Å². The fourth-order valence-corrected chi connectivity index (χ4v) is 2.20. The lowest BCUT2D eigenvalue weighted by molar-refractivity contribution is 0.468. The van der Waals surface area contributed by atoms with E-state index in [2.05, 4.69) is 13.2 Å². The van der Waals surface area contributed by atoms with E-state index in [4.69, 9.17) is 0 Å². The molecule has 2 aromatic carbocycles. The first kappa shape index (κ1) is 13.9. The summed E-state index contributed by atoms with van der Waals surface area (Å²) in [5.74, 6) is 0.326. The van der Waals surface area contributed by atoms with Crippen molar-refractivity contribution in [3.63, 3.8) is 0 Å². The molecule has 0 amide bonds. The van der Waals surface area contributed by atoms with Crippen molar-refractivity contribution < 1.29 is 10.2 Å². The molecule has 0 aromatic heterocycles. The molecule has 0 saturated heterocycles. The average molecular weight is 266 g/mol. The molecular weight excluding hydrogens is 248 g/mol. The summed E-state index contributed by atoms with van der Waals surface area (Å²) in [6.07, 6.45) is 4.99. The molecule has 0 saturated carbocycles. The van der Waals surface area contributed by atoms with Gasteiger partial charge in [-0.15, -0.1) is 13.2 Å². The Kier molecular flexibility index (Phi) is 4.26. The smallest absolute Gasteiger partial charge is 0.123 e. The quantitative estimate of drug-likeness (QED) is 0.795. The largest absolute Gasteiger partial charge is 0.507 e. The van der Waals surface area contributed by atoms with E-state index in [9.17, 15) is 10.2 Å². The molecule has 0 unspecified atom stereocenters.